The van der Waals surface area contributed by atoms with Gasteiger partial charge in [-0.15, -0.1) is 0 Å². The monoisotopic (exact) mass is 270 g/mol. The molecular formula is C15H30N2O2. The standard InChI is InChI=1S/C15H30N2O2/c1-8-15(5,6)9-13(19)17(11-18)10-12(16-7)14(2,3)4/h11-12,16H,8-10H2,1-7H3. The number of carbonyl (C=O) groups excluding carboxylic acids is 2. The van der Waals surface area contributed by atoms with Gasteiger partial charge >= 0.3 is 0 Å². The van der Waals surface area contributed by atoms with E-state index in [1.54, 1.807) is 0 Å². The molecule has 0 aliphatic rings. The van der Waals surface area contributed by atoms with Crippen LogP contribution < -0.4 is 5.32 Å². The van der Waals surface area contributed by atoms with Crippen LogP contribution in [0.3, 0.4) is 0 Å². The summed E-state index contributed by atoms with van der Waals surface area (Å²) in [7, 11) is 1.86. The Balaban J connectivity index is 4.75. The van der Waals surface area contributed by atoms with E-state index in [-0.39, 0.29) is 22.8 Å². The number of amides is 2. The number of carbonyl (C=O) groups is 2. The average molecular weight is 270 g/mol. The van der Waals surface area contributed by atoms with Crippen molar-refractivity contribution in [1.29, 1.82) is 0 Å². The summed E-state index contributed by atoms with van der Waals surface area (Å²) in [6.45, 7) is 12.9. The lowest BCUT2D eigenvalue weighted by atomic mass is 9.85. The molecule has 0 radical (unpaired) electrons. The molecule has 112 valence electrons. The lowest BCUT2D eigenvalue weighted by Crippen LogP contribution is -2.49. The molecule has 4 heteroatoms. The van der Waals surface area contributed by atoms with Gasteiger partial charge in [0.25, 0.3) is 0 Å². The van der Waals surface area contributed by atoms with E-state index in [9.17, 15) is 9.59 Å². The highest BCUT2D eigenvalue weighted by molar-refractivity contribution is 5.86. The second-order valence-corrected chi connectivity index (χ2v) is 7.05. The van der Waals surface area contributed by atoms with E-state index in [0.717, 1.165) is 6.42 Å². The van der Waals surface area contributed by atoms with Crippen LogP contribution in [-0.2, 0) is 9.59 Å². The Kier molecular flexibility index (Phi) is 6.70. The van der Waals surface area contributed by atoms with E-state index in [2.05, 4.69) is 33.0 Å². The Bertz CT molecular complexity index is 306. The summed E-state index contributed by atoms with van der Waals surface area (Å²) in [6, 6.07) is 0.0892. The fourth-order valence-electron chi connectivity index (χ4n) is 1.83. The van der Waals surface area contributed by atoms with Crippen LogP contribution in [0.25, 0.3) is 0 Å². The molecule has 1 atom stereocenters. The molecule has 0 rings (SSSR count). The van der Waals surface area contributed by atoms with E-state index in [1.165, 1.54) is 4.90 Å². The maximum atomic E-state index is 12.2. The Morgan fingerprint density at radius 2 is 1.79 bits per heavy atom. The van der Waals surface area contributed by atoms with E-state index in [0.29, 0.717) is 19.4 Å². The SMILES string of the molecule is CCC(C)(C)CC(=O)N(C=O)CC(NC)C(C)(C)C. The van der Waals surface area contributed by atoms with Crippen molar-refractivity contribution in [1.82, 2.24) is 10.2 Å². The van der Waals surface area contributed by atoms with E-state index >= 15 is 0 Å². The Morgan fingerprint density at radius 1 is 1.26 bits per heavy atom. The molecule has 0 saturated heterocycles. The normalized spacial score (nSPS) is 14.1. The van der Waals surface area contributed by atoms with Crippen LogP contribution in [0.4, 0.5) is 0 Å². The third kappa shape index (κ3) is 6.19. The van der Waals surface area contributed by atoms with Gasteiger partial charge in [-0.25, -0.2) is 0 Å². The van der Waals surface area contributed by atoms with Gasteiger partial charge < -0.3 is 5.32 Å². The molecule has 0 aromatic rings. The largest absolute Gasteiger partial charge is 0.315 e. The van der Waals surface area contributed by atoms with Crippen LogP contribution in [0.5, 0.6) is 0 Å². The molecule has 0 saturated carbocycles. The first-order valence-electron chi connectivity index (χ1n) is 6.99. The summed E-state index contributed by atoms with van der Waals surface area (Å²) in [4.78, 5) is 24.7. The molecule has 0 fully saturated rings. The van der Waals surface area contributed by atoms with Crippen LogP contribution >= 0.6 is 0 Å². The number of hydrogen-bond acceptors (Lipinski definition) is 3. The second kappa shape index (κ2) is 7.04. The maximum absolute atomic E-state index is 12.2. The van der Waals surface area contributed by atoms with Crippen molar-refractivity contribution in [2.24, 2.45) is 10.8 Å². The smallest absolute Gasteiger partial charge is 0.229 e. The Morgan fingerprint density at radius 3 is 2.11 bits per heavy atom. The summed E-state index contributed by atoms with van der Waals surface area (Å²) in [5.74, 6) is -0.0913. The maximum Gasteiger partial charge on any atom is 0.229 e. The molecule has 1 N–H and O–H groups in total. The molecule has 0 heterocycles. The zero-order valence-corrected chi connectivity index (χ0v) is 13.5. The van der Waals surface area contributed by atoms with E-state index in [4.69, 9.17) is 0 Å². The first kappa shape index (κ1) is 18.1. The summed E-state index contributed by atoms with van der Waals surface area (Å²) < 4.78 is 0. The van der Waals surface area contributed by atoms with Gasteiger partial charge in [0.1, 0.15) is 0 Å². The minimum atomic E-state index is -0.0913. The minimum Gasteiger partial charge on any atom is -0.315 e. The van der Waals surface area contributed by atoms with E-state index in [1.807, 2.05) is 20.9 Å². The van der Waals surface area contributed by atoms with Crippen molar-refractivity contribution in [3.8, 4) is 0 Å². The van der Waals surface area contributed by atoms with Crippen LogP contribution in [0.1, 0.15) is 54.4 Å². The summed E-state index contributed by atoms with van der Waals surface area (Å²) in [5, 5.41) is 3.19. The molecule has 0 spiro atoms. The molecule has 0 aliphatic heterocycles. The van der Waals surface area contributed by atoms with Gasteiger partial charge in [-0.05, 0) is 17.9 Å². The minimum absolute atomic E-state index is 0.00341. The van der Waals surface area contributed by atoms with Crippen LogP contribution in [0.15, 0.2) is 0 Å². The average Bonchev–Trinajstić information content (AvgIpc) is 2.28. The highest BCUT2D eigenvalue weighted by Gasteiger charge is 2.29. The van der Waals surface area contributed by atoms with Gasteiger partial charge in [0.2, 0.25) is 12.3 Å². The zero-order valence-electron chi connectivity index (χ0n) is 13.5. The molecule has 19 heavy (non-hydrogen) atoms. The van der Waals surface area contributed by atoms with Crippen LogP contribution in [0, 0.1) is 10.8 Å². The molecular weight excluding hydrogens is 240 g/mol. The first-order valence-corrected chi connectivity index (χ1v) is 6.99. The lowest BCUT2D eigenvalue weighted by molar-refractivity contribution is -0.140. The molecule has 0 aromatic carbocycles. The zero-order chi connectivity index (χ0) is 15.3. The molecule has 0 aromatic heterocycles. The first-order chi connectivity index (χ1) is 8.57. The molecule has 1 unspecified atom stereocenters. The number of nitrogens with one attached hydrogen (secondary N) is 1. The van der Waals surface area contributed by atoms with Crippen molar-refractivity contribution in [2.45, 2.75) is 60.4 Å². The highest BCUT2D eigenvalue weighted by Crippen LogP contribution is 2.26. The number of imide groups is 1. The van der Waals surface area contributed by atoms with Gasteiger partial charge in [0.05, 0.1) is 0 Å². The lowest BCUT2D eigenvalue weighted by Gasteiger charge is -2.34. The second-order valence-electron chi connectivity index (χ2n) is 7.05. The highest BCUT2D eigenvalue weighted by atomic mass is 16.2. The fraction of sp³-hybridized carbons (Fsp3) is 0.867. The fourth-order valence-corrected chi connectivity index (χ4v) is 1.83. The van der Waals surface area contributed by atoms with Crippen LogP contribution in [0.2, 0.25) is 0 Å². The van der Waals surface area contributed by atoms with Gasteiger partial charge in [-0.2, -0.15) is 0 Å². The van der Waals surface area contributed by atoms with Crippen molar-refractivity contribution in [3.63, 3.8) is 0 Å². The van der Waals surface area contributed by atoms with Crippen molar-refractivity contribution >= 4 is 12.3 Å². The number of hydrogen-bond donors (Lipinski definition) is 1. The Hall–Kier alpha value is -0.900. The Labute approximate surface area is 117 Å². The summed E-state index contributed by atoms with van der Waals surface area (Å²) in [5.41, 5.74) is -0.0637. The summed E-state index contributed by atoms with van der Waals surface area (Å²) >= 11 is 0. The predicted molar refractivity (Wildman–Crippen MR) is 78.8 cm³/mol. The van der Waals surface area contributed by atoms with Crippen molar-refractivity contribution in [3.05, 3.63) is 0 Å². The van der Waals surface area contributed by atoms with Crippen molar-refractivity contribution in [2.75, 3.05) is 13.6 Å². The predicted octanol–water partition coefficient (Wildman–Crippen LogP) is 2.43. The summed E-state index contributed by atoms with van der Waals surface area (Å²) in [6.07, 6.45) is 1.98. The van der Waals surface area contributed by atoms with Gasteiger partial charge in [-0.3, -0.25) is 14.5 Å². The molecule has 4 nitrogen and oxygen atoms in total. The molecule has 0 aliphatic carbocycles. The van der Waals surface area contributed by atoms with Crippen LogP contribution in [-0.4, -0.2) is 36.9 Å². The number of nitrogens with zero attached hydrogens (tertiary/aromatic N) is 1. The van der Waals surface area contributed by atoms with E-state index < -0.39 is 0 Å². The quantitative estimate of drug-likeness (QED) is 0.723. The third-order valence-electron chi connectivity index (χ3n) is 3.81. The number of likely N-dealkylation sites (N-methyl/N-ethyl adjacent to an activating group) is 1. The van der Waals surface area contributed by atoms with Gasteiger partial charge in [-0.1, -0.05) is 48.0 Å². The van der Waals surface area contributed by atoms with Gasteiger partial charge in [0.15, 0.2) is 0 Å². The molecule has 2 amide bonds. The van der Waals surface area contributed by atoms with Gasteiger partial charge in [0, 0.05) is 19.0 Å². The third-order valence-corrected chi connectivity index (χ3v) is 3.81. The topological polar surface area (TPSA) is 49.4 Å². The van der Waals surface area contributed by atoms with Crippen molar-refractivity contribution < 1.29 is 9.59 Å². The number of rotatable bonds is 7. The molecule has 0 bridgehead atoms.